The first-order valence-electron chi connectivity index (χ1n) is 7.50. The van der Waals surface area contributed by atoms with Gasteiger partial charge in [-0.05, 0) is 32.8 Å². The van der Waals surface area contributed by atoms with Crippen LogP contribution in [-0.2, 0) is 9.53 Å². The number of hydrogen-bond acceptors (Lipinski definition) is 6. The molecule has 0 atom stereocenters. The molecule has 1 heterocycles. The maximum absolute atomic E-state index is 12.2. The Morgan fingerprint density at radius 3 is 2.73 bits per heavy atom. The van der Waals surface area contributed by atoms with E-state index >= 15 is 0 Å². The van der Waals surface area contributed by atoms with Crippen LogP contribution in [0, 0.1) is 22.5 Å². The topological polar surface area (TPSA) is 94.4 Å². The van der Waals surface area contributed by atoms with Crippen molar-refractivity contribution >= 4 is 17.5 Å². The molecule has 7 heteroatoms. The molecule has 7 nitrogen and oxygen atoms in total. The van der Waals surface area contributed by atoms with Gasteiger partial charge in [-0.2, -0.15) is 0 Å². The number of pyridine rings is 1. The minimum Gasteiger partial charge on any atom is -0.466 e. The molecule has 0 saturated heterocycles. The molecule has 0 radical (unpaired) electrons. The van der Waals surface area contributed by atoms with Crippen molar-refractivity contribution in [3.8, 4) is 0 Å². The Kier molecular flexibility index (Phi) is 4.95. The maximum atomic E-state index is 12.2. The molecular weight excluding hydrogens is 286 g/mol. The first kappa shape index (κ1) is 16.2. The van der Waals surface area contributed by atoms with Gasteiger partial charge in [0.05, 0.1) is 16.9 Å². The van der Waals surface area contributed by atoms with Crippen LogP contribution in [0.4, 0.5) is 11.5 Å². The van der Waals surface area contributed by atoms with E-state index in [4.69, 9.17) is 4.74 Å². The highest BCUT2D eigenvalue weighted by Crippen LogP contribution is 2.39. The molecule has 1 aliphatic rings. The van der Waals surface area contributed by atoms with Crippen LogP contribution in [0.25, 0.3) is 0 Å². The minimum atomic E-state index is -0.507. The maximum Gasteiger partial charge on any atom is 0.313 e. The summed E-state index contributed by atoms with van der Waals surface area (Å²) in [6, 6.07) is 1.63. The molecule has 0 spiro atoms. The van der Waals surface area contributed by atoms with Crippen molar-refractivity contribution in [3.63, 3.8) is 0 Å². The zero-order chi connectivity index (χ0) is 16.2. The van der Waals surface area contributed by atoms with E-state index in [9.17, 15) is 14.9 Å². The Morgan fingerprint density at radius 2 is 2.18 bits per heavy atom. The van der Waals surface area contributed by atoms with E-state index in [0.29, 0.717) is 24.5 Å². The number of nitro groups is 1. The lowest BCUT2D eigenvalue weighted by Gasteiger charge is -2.26. The highest BCUT2D eigenvalue weighted by Gasteiger charge is 2.42. The summed E-state index contributed by atoms with van der Waals surface area (Å²) in [5, 5.41) is 13.9. The molecule has 1 fully saturated rings. The first-order chi connectivity index (χ1) is 10.5. The smallest absolute Gasteiger partial charge is 0.313 e. The molecule has 0 unspecified atom stereocenters. The molecule has 2 rings (SSSR count). The highest BCUT2D eigenvalue weighted by molar-refractivity contribution is 5.78. The monoisotopic (exact) mass is 307 g/mol. The Hall–Kier alpha value is -2.18. The lowest BCUT2D eigenvalue weighted by Crippen LogP contribution is -2.37. The van der Waals surface area contributed by atoms with Crippen LogP contribution >= 0.6 is 0 Å². The average molecular weight is 307 g/mol. The van der Waals surface area contributed by atoms with Gasteiger partial charge in [0.25, 0.3) is 5.69 Å². The van der Waals surface area contributed by atoms with E-state index in [-0.39, 0.29) is 11.7 Å². The number of ether oxygens (including phenoxy) is 1. The summed E-state index contributed by atoms with van der Waals surface area (Å²) in [6.45, 7) is 4.28. The van der Waals surface area contributed by atoms with E-state index in [2.05, 4.69) is 10.3 Å². The van der Waals surface area contributed by atoms with Crippen molar-refractivity contribution in [2.45, 2.75) is 39.5 Å². The number of carbonyl (C=O) groups excluding carboxylic acids is 1. The first-order valence-corrected chi connectivity index (χ1v) is 7.50. The molecule has 0 bridgehead atoms. The summed E-state index contributed by atoms with van der Waals surface area (Å²) >= 11 is 0. The summed E-state index contributed by atoms with van der Waals surface area (Å²) in [7, 11) is 0. The Morgan fingerprint density at radius 1 is 1.50 bits per heavy atom. The van der Waals surface area contributed by atoms with Crippen molar-refractivity contribution in [2.24, 2.45) is 5.41 Å². The van der Waals surface area contributed by atoms with Gasteiger partial charge in [-0.3, -0.25) is 14.9 Å². The quantitative estimate of drug-likeness (QED) is 0.493. The van der Waals surface area contributed by atoms with Crippen molar-refractivity contribution < 1.29 is 14.5 Å². The summed E-state index contributed by atoms with van der Waals surface area (Å²) in [4.78, 5) is 26.6. The van der Waals surface area contributed by atoms with Crippen LogP contribution in [-0.4, -0.2) is 29.0 Å². The van der Waals surface area contributed by atoms with Gasteiger partial charge in [0.2, 0.25) is 0 Å². The van der Waals surface area contributed by atoms with E-state index in [1.54, 1.807) is 19.9 Å². The molecular formula is C15H21N3O4. The van der Waals surface area contributed by atoms with Crippen LogP contribution < -0.4 is 5.32 Å². The van der Waals surface area contributed by atoms with Crippen LogP contribution in [0.15, 0.2) is 12.3 Å². The Balaban J connectivity index is 2.08. The van der Waals surface area contributed by atoms with Crippen molar-refractivity contribution in [1.82, 2.24) is 4.98 Å². The second-order valence-electron chi connectivity index (χ2n) is 5.67. The summed E-state index contributed by atoms with van der Waals surface area (Å²) in [6.07, 6.45) is 4.85. The van der Waals surface area contributed by atoms with Crippen molar-refractivity contribution in [3.05, 3.63) is 27.9 Å². The third-order valence-corrected chi connectivity index (χ3v) is 4.16. The van der Waals surface area contributed by atoms with Gasteiger partial charge >= 0.3 is 5.97 Å². The highest BCUT2D eigenvalue weighted by atomic mass is 16.6. The third kappa shape index (κ3) is 3.35. The predicted molar refractivity (Wildman–Crippen MR) is 81.7 cm³/mol. The number of nitrogens with one attached hydrogen (secondary N) is 1. The van der Waals surface area contributed by atoms with E-state index in [0.717, 1.165) is 25.7 Å². The predicted octanol–water partition coefficient (Wildman–Crippen LogP) is 2.83. The van der Waals surface area contributed by atoms with Gasteiger partial charge in [-0.1, -0.05) is 12.8 Å². The molecule has 1 saturated carbocycles. The number of esters is 1. The Labute approximate surface area is 129 Å². The van der Waals surface area contributed by atoms with E-state index in [1.807, 2.05) is 0 Å². The van der Waals surface area contributed by atoms with Crippen LogP contribution in [0.2, 0.25) is 0 Å². The Bertz CT molecular complexity index is 568. The van der Waals surface area contributed by atoms with Crippen LogP contribution in [0.3, 0.4) is 0 Å². The molecule has 1 aromatic heterocycles. The molecule has 0 aromatic carbocycles. The summed E-state index contributed by atoms with van der Waals surface area (Å²) < 4.78 is 5.20. The number of aryl methyl sites for hydroxylation is 1. The summed E-state index contributed by atoms with van der Waals surface area (Å²) in [5.41, 5.74) is 0.0264. The number of aromatic nitrogens is 1. The van der Waals surface area contributed by atoms with Gasteiger partial charge in [0.15, 0.2) is 0 Å². The number of anilines is 1. The molecule has 1 N–H and O–H groups in total. The fourth-order valence-corrected chi connectivity index (χ4v) is 2.89. The zero-order valence-corrected chi connectivity index (χ0v) is 12.9. The fraction of sp³-hybridized carbons (Fsp3) is 0.600. The second-order valence-corrected chi connectivity index (χ2v) is 5.67. The molecule has 1 aromatic rings. The SMILES string of the molecule is CCOC(=O)C1(CNc2cc(C)c([N+](=O)[O-])cn2)CCCC1. The van der Waals surface area contributed by atoms with Crippen LogP contribution in [0.1, 0.15) is 38.2 Å². The van der Waals surface area contributed by atoms with E-state index < -0.39 is 10.3 Å². The number of rotatable bonds is 6. The molecule has 1 aliphatic carbocycles. The number of nitrogens with zero attached hydrogens (tertiary/aromatic N) is 2. The molecule has 0 aliphatic heterocycles. The average Bonchev–Trinajstić information content (AvgIpc) is 2.95. The normalized spacial score (nSPS) is 16.3. The van der Waals surface area contributed by atoms with Gasteiger partial charge < -0.3 is 10.1 Å². The molecule has 22 heavy (non-hydrogen) atoms. The van der Waals surface area contributed by atoms with Gasteiger partial charge in [0.1, 0.15) is 12.0 Å². The second kappa shape index (κ2) is 6.72. The van der Waals surface area contributed by atoms with Gasteiger partial charge in [-0.15, -0.1) is 0 Å². The zero-order valence-electron chi connectivity index (χ0n) is 12.9. The molecule has 0 amide bonds. The van der Waals surface area contributed by atoms with E-state index in [1.165, 1.54) is 6.20 Å². The largest absolute Gasteiger partial charge is 0.466 e. The lowest BCUT2D eigenvalue weighted by molar-refractivity contribution is -0.385. The molecule has 120 valence electrons. The number of hydrogen-bond donors (Lipinski definition) is 1. The standard InChI is InChI=1S/C15H21N3O4/c1-3-22-14(19)15(6-4-5-7-15)10-17-13-8-11(2)12(9-16-13)18(20)21/h8-9H,3-7,10H2,1-2H3,(H,16,17). The number of carbonyl (C=O) groups is 1. The van der Waals surface area contributed by atoms with Gasteiger partial charge in [-0.25, -0.2) is 4.98 Å². The lowest BCUT2D eigenvalue weighted by atomic mass is 9.86. The fourth-order valence-electron chi connectivity index (χ4n) is 2.89. The van der Waals surface area contributed by atoms with Crippen molar-refractivity contribution in [1.29, 1.82) is 0 Å². The summed E-state index contributed by atoms with van der Waals surface area (Å²) in [5.74, 6) is 0.373. The van der Waals surface area contributed by atoms with Crippen LogP contribution in [0.5, 0.6) is 0 Å². The third-order valence-electron chi connectivity index (χ3n) is 4.16. The minimum absolute atomic E-state index is 0.00785. The van der Waals surface area contributed by atoms with Crippen molar-refractivity contribution in [2.75, 3.05) is 18.5 Å². The van der Waals surface area contributed by atoms with Gasteiger partial charge in [0, 0.05) is 12.1 Å².